The average Bonchev–Trinajstić information content (AvgIpc) is 2.65. The lowest BCUT2D eigenvalue weighted by atomic mass is 9.87. The third-order valence-electron chi connectivity index (χ3n) is 2.88. The molecule has 5 heteroatoms. The maximum atomic E-state index is 10.00. The van der Waals surface area contributed by atoms with Gasteiger partial charge in [-0.3, -0.25) is 0 Å². The Kier molecular flexibility index (Phi) is 4.50. The average molecular weight is 256 g/mol. The fourth-order valence-corrected chi connectivity index (χ4v) is 1.48. The van der Waals surface area contributed by atoms with Crippen molar-refractivity contribution in [3.63, 3.8) is 0 Å². The number of hydrogen-bond donors (Lipinski definition) is 1. The molecule has 1 aromatic heterocycles. The molecular weight excluding hydrogens is 232 g/mol. The summed E-state index contributed by atoms with van der Waals surface area (Å²) in [4.78, 5) is 4.29. The second-order valence-electron chi connectivity index (χ2n) is 6.04. The van der Waals surface area contributed by atoms with E-state index in [0.29, 0.717) is 24.7 Å². The van der Waals surface area contributed by atoms with Crippen molar-refractivity contribution in [3.05, 3.63) is 11.7 Å². The van der Waals surface area contributed by atoms with E-state index in [9.17, 15) is 5.11 Å². The fraction of sp³-hybridized carbons (Fsp3) is 0.846. The number of ether oxygens (including phenoxy) is 1. The van der Waals surface area contributed by atoms with Gasteiger partial charge in [-0.2, -0.15) is 4.98 Å². The van der Waals surface area contributed by atoms with E-state index >= 15 is 0 Å². The minimum Gasteiger partial charge on any atom is -0.392 e. The third-order valence-corrected chi connectivity index (χ3v) is 2.88. The van der Waals surface area contributed by atoms with Gasteiger partial charge in [0.05, 0.1) is 12.5 Å². The molecule has 0 aliphatic heterocycles. The van der Waals surface area contributed by atoms with Gasteiger partial charge in [-0.05, 0) is 26.2 Å². The summed E-state index contributed by atoms with van der Waals surface area (Å²) < 4.78 is 10.7. The Balaban J connectivity index is 2.75. The molecule has 1 N–H and O–H groups in total. The molecule has 0 radical (unpaired) electrons. The van der Waals surface area contributed by atoms with Crippen molar-refractivity contribution >= 4 is 0 Å². The first kappa shape index (κ1) is 15.1. The van der Waals surface area contributed by atoms with E-state index in [1.54, 1.807) is 0 Å². The molecule has 0 spiro atoms. The van der Waals surface area contributed by atoms with Crippen molar-refractivity contribution in [2.45, 2.75) is 59.7 Å². The van der Waals surface area contributed by atoms with Gasteiger partial charge in [0.2, 0.25) is 11.7 Å². The molecule has 18 heavy (non-hydrogen) atoms. The quantitative estimate of drug-likeness (QED) is 0.875. The first-order valence-corrected chi connectivity index (χ1v) is 6.32. The zero-order chi connectivity index (χ0) is 14.0. The van der Waals surface area contributed by atoms with Crippen LogP contribution in [0.4, 0.5) is 0 Å². The number of nitrogens with zero attached hydrogens (tertiary/aromatic N) is 2. The number of aromatic nitrogens is 2. The van der Waals surface area contributed by atoms with Crippen LogP contribution in [0.5, 0.6) is 0 Å². The lowest BCUT2D eigenvalue weighted by Crippen LogP contribution is -2.28. The van der Waals surface area contributed by atoms with Gasteiger partial charge in [-0.15, -0.1) is 0 Å². The SMILES string of the molecule is CCOC(C)(C)c1noc(CC(O)C(C)(C)C)n1. The number of hydrogen-bond acceptors (Lipinski definition) is 5. The molecule has 0 saturated heterocycles. The topological polar surface area (TPSA) is 68.4 Å². The smallest absolute Gasteiger partial charge is 0.229 e. The third kappa shape index (κ3) is 3.78. The largest absolute Gasteiger partial charge is 0.392 e. The molecule has 1 unspecified atom stereocenters. The first-order valence-electron chi connectivity index (χ1n) is 6.32. The standard InChI is InChI=1S/C13H24N2O3/c1-7-17-13(5,6)11-14-10(18-15-11)8-9(16)12(2,3)4/h9,16H,7-8H2,1-6H3. The summed E-state index contributed by atoms with van der Waals surface area (Å²) in [7, 11) is 0. The van der Waals surface area contributed by atoms with Crippen LogP contribution in [0, 0.1) is 5.41 Å². The maximum Gasteiger partial charge on any atom is 0.229 e. The Morgan fingerprint density at radius 3 is 2.39 bits per heavy atom. The molecule has 0 aliphatic rings. The zero-order valence-corrected chi connectivity index (χ0v) is 12.1. The van der Waals surface area contributed by atoms with E-state index in [0.717, 1.165) is 0 Å². The van der Waals surface area contributed by atoms with Gasteiger partial charge in [0.25, 0.3) is 0 Å². The van der Waals surface area contributed by atoms with Crippen LogP contribution < -0.4 is 0 Å². The normalized spacial score (nSPS) is 14.8. The predicted molar refractivity (Wildman–Crippen MR) is 68.1 cm³/mol. The van der Waals surface area contributed by atoms with Crippen LogP contribution in [-0.4, -0.2) is 28.0 Å². The summed E-state index contributed by atoms with van der Waals surface area (Å²) >= 11 is 0. The van der Waals surface area contributed by atoms with Crippen LogP contribution in [0.1, 0.15) is 53.3 Å². The van der Waals surface area contributed by atoms with Gasteiger partial charge in [0.1, 0.15) is 5.60 Å². The highest BCUT2D eigenvalue weighted by molar-refractivity contribution is 4.98. The molecule has 104 valence electrons. The van der Waals surface area contributed by atoms with Crippen molar-refractivity contribution in [2.75, 3.05) is 6.61 Å². The Morgan fingerprint density at radius 2 is 1.89 bits per heavy atom. The highest BCUT2D eigenvalue weighted by atomic mass is 16.5. The highest BCUT2D eigenvalue weighted by Crippen LogP contribution is 2.24. The lowest BCUT2D eigenvalue weighted by Gasteiger charge is -2.24. The van der Waals surface area contributed by atoms with Crippen LogP contribution >= 0.6 is 0 Å². The second kappa shape index (κ2) is 5.36. The van der Waals surface area contributed by atoms with E-state index in [1.165, 1.54) is 0 Å². The predicted octanol–water partition coefficient (Wildman–Crippen LogP) is 2.29. The van der Waals surface area contributed by atoms with Crippen LogP contribution in [0.15, 0.2) is 4.52 Å². The van der Waals surface area contributed by atoms with Crippen molar-refractivity contribution in [2.24, 2.45) is 5.41 Å². The highest BCUT2D eigenvalue weighted by Gasteiger charge is 2.29. The summed E-state index contributed by atoms with van der Waals surface area (Å²) in [6, 6.07) is 0. The monoisotopic (exact) mass is 256 g/mol. The Morgan fingerprint density at radius 1 is 1.28 bits per heavy atom. The van der Waals surface area contributed by atoms with Crippen molar-refractivity contribution in [1.82, 2.24) is 10.1 Å². The van der Waals surface area contributed by atoms with Gasteiger partial charge in [-0.25, -0.2) is 0 Å². The summed E-state index contributed by atoms with van der Waals surface area (Å²) in [5.74, 6) is 0.959. The Bertz CT molecular complexity index is 380. The van der Waals surface area contributed by atoms with E-state index in [4.69, 9.17) is 9.26 Å². The first-order chi connectivity index (χ1) is 8.16. The lowest BCUT2D eigenvalue weighted by molar-refractivity contribution is -0.0221. The molecule has 0 aromatic carbocycles. The molecule has 1 atom stereocenters. The van der Waals surface area contributed by atoms with E-state index in [1.807, 2.05) is 41.5 Å². The summed E-state index contributed by atoms with van der Waals surface area (Å²) in [5.41, 5.74) is -0.771. The van der Waals surface area contributed by atoms with Gasteiger partial charge in [-0.1, -0.05) is 25.9 Å². The molecule has 5 nitrogen and oxygen atoms in total. The molecule has 0 fully saturated rings. The molecular formula is C13H24N2O3. The number of aliphatic hydroxyl groups excluding tert-OH is 1. The van der Waals surface area contributed by atoms with Gasteiger partial charge in [0, 0.05) is 6.61 Å². The van der Waals surface area contributed by atoms with Crippen molar-refractivity contribution in [1.29, 1.82) is 0 Å². The van der Waals surface area contributed by atoms with E-state index in [2.05, 4.69) is 10.1 Å². The minimum absolute atomic E-state index is 0.204. The molecule has 0 aliphatic carbocycles. The molecule has 1 rings (SSSR count). The van der Waals surface area contributed by atoms with Crippen molar-refractivity contribution in [3.8, 4) is 0 Å². The molecule has 0 saturated carbocycles. The van der Waals surface area contributed by atoms with Crippen LogP contribution in [0.2, 0.25) is 0 Å². The second-order valence-corrected chi connectivity index (χ2v) is 6.04. The van der Waals surface area contributed by atoms with Crippen molar-refractivity contribution < 1.29 is 14.4 Å². The Hall–Kier alpha value is -0.940. The summed E-state index contributed by atoms with van der Waals surface area (Å²) in [5, 5.41) is 13.9. The van der Waals surface area contributed by atoms with E-state index < -0.39 is 11.7 Å². The van der Waals surface area contributed by atoms with Crippen LogP contribution in [0.3, 0.4) is 0 Å². The molecule has 0 amide bonds. The maximum absolute atomic E-state index is 10.00. The van der Waals surface area contributed by atoms with Gasteiger partial charge >= 0.3 is 0 Å². The molecule has 1 heterocycles. The fourth-order valence-electron chi connectivity index (χ4n) is 1.48. The molecule has 0 bridgehead atoms. The summed E-state index contributed by atoms with van der Waals surface area (Å²) in [6.07, 6.45) is -0.153. The summed E-state index contributed by atoms with van der Waals surface area (Å²) in [6.45, 7) is 12.2. The minimum atomic E-state index is -0.566. The molecule has 1 aromatic rings. The van der Waals surface area contributed by atoms with Crippen LogP contribution in [0.25, 0.3) is 0 Å². The van der Waals surface area contributed by atoms with Gasteiger partial charge < -0.3 is 14.4 Å². The van der Waals surface area contributed by atoms with E-state index in [-0.39, 0.29) is 5.41 Å². The zero-order valence-electron chi connectivity index (χ0n) is 12.1. The van der Waals surface area contributed by atoms with Crippen LogP contribution in [-0.2, 0) is 16.8 Å². The number of rotatable bonds is 5. The Labute approximate surface area is 109 Å². The van der Waals surface area contributed by atoms with Gasteiger partial charge in [0.15, 0.2) is 0 Å². The number of aliphatic hydroxyl groups is 1.